The second-order valence-electron chi connectivity index (χ2n) is 7.55. The van der Waals surface area contributed by atoms with Crippen LogP contribution in [0.3, 0.4) is 0 Å². The highest BCUT2D eigenvalue weighted by Crippen LogP contribution is 2.41. The van der Waals surface area contributed by atoms with E-state index in [0.717, 1.165) is 24.8 Å². The third-order valence-electron chi connectivity index (χ3n) is 5.63. The lowest BCUT2D eigenvalue weighted by Crippen LogP contribution is -2.41. The molecular formula is C20H29NO2S. The normalized spacial score (nSPS) is 23.6. The molecule has 0 radical (unpaired) electrons. The summed E-state index contributed by atoms with van der Waals surface area (Å²) in [6.45, 7) is 6.87. The molecule has 1 saturated carbocycles. The van der Waals surface area contributed by atoms with E-state index in [1.165, 1.54) is 30.4 Å². The minimum atomic E-state index is -3.42. The molecule has 1 unspecified atom stereocenters. The van der Waals surface area contributed by atoms with Gasteiger partial charge in [0.2, 0.25) is 10.0 Å². The van der Waals surface area contributed by atoms with Gasteiger partial charge in [0, 0.05) is 12.6 Å². The van der Waals surface area contributed by atoms with Gasteiger partial charge < -0.3 is 0 Å². The number of aryl methyl sites for hydroxylation is 1. The van der Waals surface area contributed by atoms with Crippen LogP contribution < -0.4 is 0 Å². The van der Waals surface area contributed by atoms with Gasteiger partial charge in [-0.05, 0) is 58.1 Å². The number of benzene rings is 1. The minimum Gasteiger partial charge on any atom is -0.207 e. The summed E-state index contributed by atoms with van der Waals surface area (Å²) in [5, 5.41) is 0. The average molecular weight is 348 g/mol. The average Bonchev–Trinajstić information content (AvgIpc) is 3.02. The summed E-state index contributed by atoms with van der Waals surface area (Å²) in [7, 11) is -3.42. The van der Waals surface area contributed by atoms with E-state index in [1.54, 1.807) is 16.4 Å². The van der Waals surface area contributed by atoms with Gasteiger partial charge in [-0.1, -0.05) is 48.1 Å². The molecule has 2 aliphatic rings. The zero-order valence-electron chi connectivity index (χ0n) is 15.1. The van der Waals surface area contributed by atoms with Crippen LogP contribution in [0.4, 0.5) is 0 Å². The molecule has 132 valence electrons. The largest absolute Gasteiger partial charge is 0.243 e. The second kappa shape index (κ2) is 7.01. The van der Waals surface area contributed by atoms with Crippen molar-refractivity contribution >= 4 is 10.0 Å². The SMILES string of the molecule is CC(C)=C1CCN(S(=O)(=O)c2ccc(C)cc2)C1C1CCCCC1. The van der Waals surface area contributed by atoms with E-state index in [1.807, 2.05) is 19.1 Å². The third-order valence-corrected chi connectivity index (χ3v) is 7.53. The molecule has 0 N–H and O–H groups in total. The molecule has 1 aromatic carbocycles. The van der Waals surface area contributed by atoms with Crippen LogP contribution in [0.2, 0.25) is 0 Å². The first-order valence-corrected chi connectivity index (χ1v) is 10.6. The number of hydrogen-bond donors (Lipinski definition) is 0. The Morgan fingerprint density at radius 3 is 2.25 bits per heavy atom. The third kappa shape index (κ3) is 3.31. The van der Waals surface area contributed by atoms with Crippen molar-refractivity contribution in [2.45, 2.75) is 70.2 Å². The standard InChI is InChI=1S/C20H29NO2S/c1-15(2)19-13-14-21(20(19)17-7-5-4-6-8-17)24(22,23)18-11-9-16(3)10-12-18/h9-12,17,20H,4-8,13-14H2,1-3H3. The lowest BCUT2D eigenvalue weighted by molar-refractivity contribution is 0.247. The van der Waals surface area contributed by atoms with Crippen LogP contribution in [-0.4, -0.2) is 25.3 Å². The van der Waals surface area contributed by atoms with Gasteiger partial charge in [0.05, 0.1) is 4.90 Å². The molecule has 1 aliphatic heterocycles. The lowest BCUT2D eigenvalue weighted by Gasteiger charge is -2.34. The van der Waals surface area contributed by atoms with Crippen molar-refractivity contribution in [2.75, 3.05) is 6.54 Å². The summed E-state index contributed by atoms with van der Waals surface area (Å²) in [6, 6.07) is 7.36. The first-order chi connectivity index (χ1) is 11.4. The first kappa shape index (κ1) is 17.7. The molecular weight excluding hydrogens is 318 g/mol. The van der Waals surface area contributed by atoms with Gasteiger partial charge in [-0.3, -0.25) is 0 Å². The summed E-state index contributed by atoms with van der Waals surface area (Å²) in [5.74, 6) is 0.478. The highest BCUT2D eigenvalue weighted by Gasteiger charge is 2.42. The van der Waals surface area contributed by atoms with Gasteiger partial charge in [-0.25, -0.2) is 8.42 Å². The molecule has 3 nitrogen and oxygen atoms in total. The van der Waals surface area contributed by atoms with Gasteiger partial charge in [0.1, 0.15) is 0 Å². The molecule has 0 amide bonds. The monoisotopic (exact) mass is 347 g/mol. The molecule has 0 spiro atoms. The van der Waals surface area contributed by atoms with Crippen molar-refractivity contribution in [1.29, 1.82) is 0 Å². The zero-order valence-corrected chi connectivity index (χ0v) is 15.9. The quantitative estimate of drug-likeness (QED) is 0.745. The predicted octanol–water partition coefficient (Wildman–Crippen LogP) is 4.67. The Hall–Kier alpha value is -1.13. The summed E-state index contributed by atoms with van der Waals surface area (Å²) in [4.78, 5) is 0.434. The lowest BCUT2D eigenvalue weighted by atomic mass is 9.81. The van der Waals surface area contributed by atoms with E-state index >= 15 is 0 Å². The molecule has 1 atom stereocenters. The predicted molar refractivity (Wildman–Crippen MR) is 98.4 cm³/mol. The Morgan fingerprint density at radius 1 is 1.04 bits per heavy atom. The van der Waals surface area contributed by atoms with Crippen molar-refractivity contribution < 1.29 is 8.42 Å². The maximum absolute atomic E-state index is 13.3. The van der Waals surface area contributed by atoms with Crippen LogP contribution in [0.1, 0.15) is 57.9 Å². The van der Waals surface area contributed by atoms with Crippen LogP contribution in [0, 0.1) is 12.8 Å². The fraction of sp³-hybridized carbons (Fsp3) is 0.600. The van der Waals surface area contributed by atoms with Crippen LogP contribution >= 0.6 is 0 Å². The van der Waals surface area contributed by atoms with E-state index in [0.29, 0.717) is 17.4 Å². The molecule has 1 aliphatic carbocycles. The van der Waals surface area contributed by atoms with Crippen molar-refractivity contribution in [1.82, 2.24) is 4.31 Å². The Balaban J connectivity index is 1.98. The molecule has 1 heterocycles. The summed E-state index contributed by atoms with van der Waals surface area (Å²) in [5.41, 5.74) is 3.74. The van der Waals surface area contributed by atoms with Crippen LogP contribution in [-0.2, 0) is 10.0 Å². The van der Waals surface area contributed by atoms with E-state index in [9.17, 15) is 8.42 Å². The van der Waals surface area contributed by atoms with Crippen LogP contribution in [0.5, 0.6) is 0 Å². The van der Waals surface area contributed by atoms with Crippen molar-refractivity contribution in [3.63, 3.8) is 0 Å². The number of sulfonamides is 1. The molecule has 2 fully saturated rings. The molecule has 24 heavy (non-hydrogen) atoms. The minimum absolute atomic E-state index is 0.0709. The Kier molecular flexibility index (Phi) is 5.16. The van der Waals surface area contributed by atoms with Crippen LogP contribution in [0.25, 0.3) is 0 Å². The Bertz CT molecular complexity index is 709. The Labute approximate surface area is 146 Å². The van der Waals surface area contributed by atoms with Gasteiger partial charge >= 0.3 is 0 Å². The van der Waals surface area contributed by atoms with Crippen molar-refractivity contribution in [2.24, 2.45) is 5.92 Å². The van der Waals surface area contributed by atoms with E-state index in [4.69, 9.17) is 0 Å². The maximum Gasteiger partial charge on any atom is 0.243 e. The molecule has 0 aromatic heterocycles. The molecule has 4 heteroatoms. The number of rotatable bonds is 3. The van der Waals surface area contributed by atoms with Crippen molar-refractivity contribution in [3.8, 4) is 0 Å². The molecule has 0 bridgehead atoms. The van der Waals surface area contributed by atoms with E-state index < -0.39 is 10.0 Å². The van der Waals surface area contributed by atoms with Gasteiger partial charge in [0.15, 0.2) is 0 Å². The summed E-state index contributed by atoms with van der Waals surface area (Å²) in [6.07, 6.45) is 6.95. The number of nitrogens with zero attached hydrogens (tertiary/aromatic N) is 1. The Morgan fingerprint density at radius 2 is 1.67 bits per heavy atom. The summed E-state index contributed by atoms with van der Waals surface area (Å²) < 4.78 is 28.3. The van der Waals surface area contributed by atoms with Gasteiger partial charge in [-0.2, -0.15) is 4.31 Å². The van der Waals surface area contributed by atoms with Crippen LogP contribution in [0.15, 0.2) is 40.3 Å². The van der Waals surface area contributed by atoms with E-state index in [2.05, 4.69) is 13.8 Å². The maximum atomic E-state index is 13.3. The number of allylic oxidation sites excluding steroid dienone is 1. The zero-order chi connectivity index (χ0) is 17.3. The van der Waals surface area contributed by atoms with Gasteiger partial charge in [0.25, 0.3) is 0 Å². The summed E-state index contributed by atoms with van der Waals surface area (Å²) >= 11 is 0. The fourth-order valence-electron chi connectivity index (χ4n) is 4.32. The molecule has 1 saturated heterocycles. The second-order valence-corrected chi connectivity index (χ2v) is 9.44. The van der Waals surface area contributed by atoms with E-state index in [-0.39, 0.29) is 6.04 Å². The van der Waals surface area contributed by atoms with Crippen molar-refractivity contribution in [3.05, 3.63) is 41.0 Å². The molecule has 1 aromatic rings. The van der Waals surface area contributed by atoms with Gasteiger partial charge in [-0.15, -0.1) is 0 Å². The number of hydrogen-bond acceptors (Lipinski definition) is 2. The highest BCUT2D eigenvalue weighted by atomic mass is 32.2. The topological polar surface area (TPSA) is 37.4 Å². The first-order valence-electron chi connectivity index (χ1n) is 9.16. The highest BCUT2D eigenvalue weighted by molar-refractivity contribution is 7.89. The fourth-order valence-corrected chi connectivity index (χ4v) is 6.00. The molecule has 3 rings (SSSR count). The smallest absolute Gasteiger partial charge is 0.207 e.